The van der Waals surface area contributed by atoms with Crippen LogP contribution in [0.4, 0.5) is 5.69 Å². The van der Waals surface area contributed by atoms with Crippen LogP contribution in [0.1, 0.15) is 28.9 Å². The third-order valence-electron chi connectivity index (χ3n) is 5.93. The SMILES string of the molecule is CS(=O)(=O)Nc1ccc2nc(CN3CCC(C(=O)c4ccc5nonc5c4)CC3)ccc2c1.Cl.Cl. The number of nitrogens with one attached hydrogen (secondary N) is 1. The quantitative estimate of drug-likeness (QED) is 0.365. The van der Waals surface area contributed by atoms with Crippen LogP contribution in [0.3, 0.4) is 0 Å². The molecule has 0 radical (unpaired) electrons. The van der Waals surface area contributed by atoms with Gasteiger partial charge in [0.25, 0.3) is 0 Å². The van der Waals surface area contributed by atoms with E-state index in [2.05, 4.69) is 19.9 Å². The summed E-state index contributed by atoms with van der Waals surface area (Å²) in [5, 5.41) is 8.48. The van der Waals surface area contributed by atoms with Crippen LogP contribution in [-0.4, -0.2) is 53.7 Å². The van der Waals surface area contributed by atoms with Crippen molar-refractivity contribution in [2.75, 3.05) is 24.1 Å². The number of hydrogen-bond acceptors (Lipinski definition) is 8. The lowest BCUT2D eigenvalue weighted by Crippen LogP contribution is -2.36. The summed E-state index contributed by atoms with van der Waals surface area (Å²) < 4.78 is 30.1. The van der Waals surface area contributed by atoms with Crippen molar-refractivity contribution in [1.82, 2.24) is 20.2 Å². The lowest BCUT2D eigenvalue weighted by atomic mass is 9.88. The number of pyridine rings is 1. The number of carbonyl (C=O) groups is 1. The number of halogens is 2. The van der Waals surface area contributed by atoms with Gasteiger partial charge in [-0.25, -0.2) is 13.0 Å². The Morgan fingerprint density at radius 1 is 1.00 bits per heavy atom. The summed E-state index contributed by atoms with van der Waals surface area (Å²) in [6.07, 6.45) is 2.71. The van der Waals surface area contributed by atoms with Crippen molar-refractivity contribution in [2.45, 2.75) is 19.4 Å². The van der Waals surface area contributed by atoms with E-state index in [1.54, 1.807) is 30.3 Å². The predicted molar refractivity (Wildman–Crippen MR) is 139 cm³/mol. The number of ketones is 1. The maximum atomic E-state index is 12.9. The van der Waals surface area contributed by atoms with E-state index in [0.717, 1.165) is 48.8 Å². The van der Waals surface area contributed by atoms with Crippen molar-refractivity contribution in [2.24, 2.45) is 5.92 Å². The van der Waals surface area contributed by atoms with Gasteiger partial charge < -0.3 is 0 Å². The summed E-state index contributed by atoms with van der Waals surface area (Å²) in [5.74, 6) is 0.130. The molecule has 0 aliphatic carbocycles. The van der Waals surface area contributed by atoms with Crippen molar-refractivity contribution in [3.8, 4) is 0 Å². The highest BCUT2D eigenvalue weighted by Crippen LogP contribution is 2.25. The van der Waals surface area contributed by atoms with Crippen LogP contribution in [0.2, 0.25) is 0 Å². The van der Waals surface area contributed by atoms with Gasteiger partial charge in [0, 0.05) is 29.1 Å². The summed E-state index contributed by atoms with van der Waals surface area (Å²) in [6.45, 7) is 2.35. The third-order valence-corrected chi connectivity index (χ3v) is 6.54. The lowest BCUT2D eigenvalue weighted by molar-refractivity contribution is 0.0834. The molecule has 0 atom stereocenters. The Kier molecular flexibility index (Phi) is 8.32. The number of anilines is 1. The molecule has 1 aliphatic rings. The number of hydrogen-bond donors (Lipinski definition) is 1. The number of piperidine rings is 1. The second kappa shape index (κ2) is 10.9. The molecule has 1 aliphatic heterocycles. The molecule has 0 bridgehead atoms. The highest BCUT2D eigenvalue weighted by Gasteiger charge is 2.26. The van der Waals surface area contributed by atoms with E-state index in [9.17, 15) is 13.2 Å². The van der Waals surface area contributed by atoms with Crippen LogP contribution in [0.15, 0.2) is 53.2 Å². The Balaban J connectivity index is 0.00000171. The third kappa shape index (κ3) is 6.26. The van der Waals surface area contributed by atoms with Crippen LogP contribution in [0.25, 0.3) is 21.9 Å². The molecule has 12 heteroatoms. The van der Waals surface area contributed by atoms with E-state index < -0.39 is 10.0 Å². The van der Waals surface area contributed by atoms with Crippen molar-refractivity contribution in [3.05, 3.63) is 59.8 Å². The standard InChI is InChI=1S/C23H23N5O4S.2ClH/c1-33(30,31)27-18-5-7-20-16(12-18)2-4-19(24-20)14-28-10-8-15(9-11-28)23(29)17-3-6-21-22(13-17)26-32-25-21;;/h2-7,12-13,15,27H,8-11,14H2,1H3;2*1H. The lowest BCUT2D eigenvalue weighted by Gasteiger charge is -2.31. The highest BCUT2D eigenvalue weighted by molar-refractivity contribution is 7.92. The fourth-order valence-electron chi connectivity index (χ4n) is 4.29. The normalized spacial score (nSPS) is 14.9. The second-order valence-corrected chi connectivity index (χ2v) is 10.2. The van der Waals surface area contributed by atoms with Gasteiger partial charge in [-0.15, -0.1) is 24.8 Å². The Bertz CT molecular complexity index is 1450. The molecule has 2 aromatic heterocycles. The van der Waals surface area contributed by atoms with Gasteiger partial charge in [0.1, 0.15) is 11.0 Å². The zero-order valence-corrected chi connectivity index (χ0v) is 21.3. The van der Waals surface area contributed by atoms with Gasteiger partial charge in [-0.1, -0.05) is 6.07 Å². The van der Waals surface area contributed by atoms with Crippen LogP contribution < -0.4 is 4.72 Å². The fraction of sp³-hybridized carbons (Fsp3) is 0.304. The minimum Gasteiger partial charge on any atom is -0.297 e. The Morgan fingerprint density at radius 2 is 1.71 bits per heavy atom. The van der Waals surface area contributed by atoms with E-state index in [1.165, 1.54) is 0 Å². The average molecular weight is 538 g/mol. The molecule has 9 nitrogen and oxygen atoms in total. The van der Waals surface area contributed by atoms with Gasteiger partial charge in [-0.05, 0) is 78.7 Å². The van der Waals surface area contributed by atoms with Crippen molar-refractivity contribution in [3.63, 3.8) is 0 Å². The van der Waals surface area contributed by atoms with Crippen molar-refractivity contribution >= 4 is 68.2 Å². The summed E-state index contributed by atoms with van der Waals surface area (Å²) in [7, 11) is -3.32. The maximum absolute atomic E-state index is 12.9. The first-order chi connectivity index (χ1) is 15.8. The van der Waals surface area contributed by atoms with Gasteiger partial charge in [0.05, 0.1) is 17.5 Å². The van der Waals surface area contributed by atoms with Crippen LogP contribution in [-0.2, 0) is 16.6 Å². The van der Waals surface area contributed by atoms with E-state index in [0.29, 0.717) is 28.8 Å². The van der Waals surface area contributed by atoms with Gasteiger partial charge in [-0.3, -0.25) is 19.4 Å². The van der Waals surface area contributed by atoms with Gasteiger partial charge in [0.15, 0.2) is 5.78 Å². The minimum absolute atomic E-state index is 0. The molecule has 1 saturated heterocycles. The molecule has 186 valence electrons. The predicted octanol–water partition coefficient (Wildman–Crippen LogP) is 4.08. The summed E-state index contributed by atoms with van der Waals surface area (Å²) in [5.41, 5.74) is 4.17. The van der Waals surface area contributed by atoms with Crippen LogP contribution in [0.5, 0.6) is 0 Å². The van der Waals surface area contributed by atoms with Gasteiger partial charge in [-0.2, -0.15) is 0 Å². The van der Waals surface area contributed by atoms with Crippen LogP contribution in [0, 0.1) is 5.92 Å². The Hall–Kier alpha value is -2.79. The van der Waals surface area contributed by atoms with E-state index in [1.807, 2.05) is 18.2 Å². The molecule has 0 amide bonds. The number of rotatable bonds is 6. The van der Waals surface area contributed by atoms with Gasteiger partial charge >= 0.3 is 0 Å². The largest absolute Gasteiger partial charge is 0.297 e. The molecule has 0 spiro atoms. The topological polar surface area (TPSA) is 118 Å². The number of benzene rings is 2. The fourth-order valence-corrected chi connectivity index (χ4v) is 4.84. The monoisotopic (exact) mass is 537 g/mol. The Labute approximate surface area is 215 Å². The second-order valence-electron chi connectivity index (χ2n) is 8.47. The first-order valence-corrected chi connectivity index (χ1v) is 12.6. The molecular formula is C23H25Cl2N5O4S. The highest BCUT2D eigenvalue weighted by atomic mass is 35.5. The number of aromatic nitrogens is 3. The number of sulfonamides is 1. The summed E-state index contributed by atoms with van der Waals surface area (Å²) in [6, 6.07) is 14.5. The minimum atomic E-state index is -3.32. The average Bonchev–Trinajstić information content (AvgIpc) is 3.26. The number of Topliss-reactive ketones (excluding diaryl/α,β-unsaturated/α-hetero) is 1. The summed E-state index contributed by atoms with van der Waals surface area (Å²) >= 11 is 0. The van der Waals surface area contributed by atoms with Crippen LogP contribution >= 0.6 is 24.8 Å². The van der Waals surface area contributed by atoms with Crippen molar-refractivity contribution in [1.29, 1.82) is 0 Å². The maximum Gasteiger partial charge on any atom is 0.229 e. The molecule has 1 fully saturated rings. The molecule has 35 heavy (non-hydrogen) atoms. The van der Waals surface area contributed by atoms with Crippen molar-refractivity contribution < 1.29 is 17.8 Å². The van der Waals surface area contributed by atoms with Gasteiger partial charge in [0.2, 0.25) is 10.0 Å². The number of likely N-dealkylation sites (tertiary alicyclic amines) is 1. The first-order valence-electron chi connectivity index (χ1n) is 10.7. The first kappa shape index (κ1) is 26.8. The summed E-state index contributed by atoms with van der Waals surface area (Å²) in [4.78, 5) is 20.0. The number of nitrogens with zero attached hydrogens (tertiary/aromatic N) is 4. The number of carbonyl (C=O) groups excluding carboxylic acids is 1. The molecule has 0 saturated carbocycles. The molecular weight excluding hydrogens is 513 g/mol. The molecule has 2 aromatic carbocycles. The molecule has 3 heterocycles. The zero-order valence-electron chi connectivity index (χ0n) is 18.9. The molecule has 5 rings (SSSR count). The zero-order chi connectivity index (χ0) is 23.0. The van der Waals surface area contributed by atoms with E-state index in [4.69, 9.17) is 9.61 Å². The Morgan fingerprint density at radius 3 is 2.46 bits per heavy atom. The number of fused-ring (bicyclic) bond motifs is 2. The van der Waals surface area contributed by atoms with E-state index >= 15 is 0 Å². The molecule has 4 aromatic rings. The molecule has 1 N–H and O–H groups in total. The smallest absolute Gasteiger partial charge is 0.229 e. The van der Waals surface area contributed by atoms with E-state index in [-0.39, 0.29) is 36.5 Å². The molecule has 0 unspecified atom stereocenters.